The first-order chi connectivity index (χ1) is 46.2. The van der Waals surface area contributed by atoms with E-state index in [9.17, 15) is 24.0 Å². The van der Waals surface area contributed by atoms with Crippen LogP contribution in [-0.4, -0.2) is 221 Å². The molecule has 0 saturated heterocycles. The molecule has 5 aromatic rings. The minimum atomic E-state index is -0.497. The van der Waals surface area contributed by atoms with E-state index < -0.39 is 6.04 Å². The van der Waals surface area contributed by atoms with E-state index in [1.165, 1.54) is 68.9 Å². The van der Waals surface area contributed by atoms with Crippen LogP contribution in [0.3, 0.4) is 0 Å². The van der Waals surface area contributed by atoms with Crippen LogP contribution in [0.4, 0.5) is 4.70 Å². The number of nitrogens with two attached hydrogens (primary N) is 7. The Balaban J connectivity index is -0.000000546. The number of hydroxylamine groups is 2. The van der Waals surface area contributed by atoms with Crippen LogP contribution in [0.2, 0.25) is 0 Å². The van der Waals surface area contributed by atoms with Gasteiger partial charge in [0.05, 0.1) is 37.3 Å². The number of nitrogens with one attached hydrogen (secondary N) is 8. The number of aliphatic imine (C=N–C) groups is 5. The Bertz CT molecular complexity index is 2860. The van der Waals surface area contributed by atoms with E-state index in [1.54, 1.807) is 96.5 Å². The molecule has 39 heteroatoms. The molecule has 22 N–H and O–H groups in total. The van der Waals surface area contributed by atoms with E-state index in [-0.39, 0.29) is 82.7 Å². The Morgan fingerprint density at radius 2 is 0.867 bits per heavy atom. The minimum absolute atomic E-state index is 0. The summed E-state index contributed by atoms with van der Waals surface area (Å²) < 4.78 is 0. The zero-order valence-electron chi connectivity index (χ0n) is 59.0. The van der Waals surface area contributed by atoms with E-state index in [0.717, 1.165) is 58.0 Å². The topological polar surface area (TPSA) is 502 Å². The summed E-state index contributed by atoms with van der Waals surface area (Å²) in [6, 6.07) is -1.34. The molecule has 0 aromatic carbocycles. The predicted octanol–water partition coefficient (Wildman–Crippen LogP) is -0.794. The number of nitrogens with zero attached hydrogens (tertiary/aromatic N) is 11. The molecular formula is C59H108FLiN26O6S5. The van der Waals surface area contributed by atoms with Crippen LogP contribution < -0.4 is 102 Å². The molecule has 5 atom stereocenters. The molecule has 98 heavy (non-hydrogen) atoms. The summed E-state index contributed by atoms with van der Waals surface area (Å²) in [6.07, 6.45) is 15.7. The Labute approximate surface area is 609 Å². The number of likely N-dealkylation sites (N-methyl/N-ethyl adjacent to an activating group) is 5. The average molecular weight is 1460 g/mol. The second-order valence-electron chi connectivity index (χ2n) is 19.1. The number of halogens is 1. The Morgan fingerprint density at radius 1 is 0.531 bits per heavy atom. The van der Waals surface area contributed by atoms with Crippen molar-refractivity contribution in [1.82, 2.24) is 72.5 Å². The number of ketones is 4. The summed E-state index contributed by atoms with van der Waals surface area (Å²) in [5.41, 5.74) is 40.9. The molecule has 5 aromatic heterocycles. The number of amides is 1. The molecule has 0 saturated carbocycles. The number of carbonyl (C=O) groups excluding carboxylic acids is 5. The molecule has 0 aliphatic rings. The Hall–Kier alpha value is -7.06. The number of Topliss-reactive ketones (excluding diaryl/α,β-unsaturated/α-hetero) is 4. The molecular weight excluding hydrogens is 1360 g/mol. The third-order valence-corrected chi connectivity index (χ3v) is 16.1. The van der Waals surface area contributed by atoms with E-state index in [1.807, 2.05) is 38.5 Å². The normalized spacial score (nSPS) is 12.3. The molecule has 0 fully saturated rings. The second kappa shape index (κ2) is 64.6. The van der Waals surface area contributed by atoms with Gasteiger partial charge < -0.3 is 87.7 Å². The molecule has 0 aliphatic carbocycles. The molecule has 0 radical (unpaired) electrons. The molecule has 0 aliphatic heterocycles. The van der Waals surface area contributed by atoms with Crippen molar-refractivity contribution in [1.29, 1.82) is 0 Å². The summed E-state index contributed by atoms with van der Waals surface area (Å²) in [7, 11) is 13.1. The molecule has 5 rings (SSSR count). The molecule has 32 nitrogen and oxygen atoms in total. The van der Waals surface area contributed by atoms with Crippen molar-refractivity contribution < 1.29 is 52.4 Å². The van der Waals surface area contributed by atoms with Crippen LogP contribution in [-0.2, 0) is 9.63 Å². The van der Waals surface area contributed by atoms with Crippen LogP contribution >= 0.6 is 56.7 Å². The van der Waals surface area contributed by atoms with Gasteiger partial charge in [0.1, 0.15) is 0 Å². The van der Waals surface area contributed by atoms with Gasteiger partial charge >= 0.3 is 18.9 Å². The van der Waals surface area contributed by atoms with Gasteiger partial charge in [-0.15, -0.1) is 56.9 Å². The molecule has 1 amide bonds. The first-order valence-corrected chi connectivity index (χ1v) is 35.4. The van der Waals surface area contributed by atoms with Crippen molar-refractivity contribution in [3.8, 4) is 0 Å². The Kier molecular flexibility index (Phi) is 64.2. The van der Waals surface area contributed by atoms with Crippen molar-refractivity contribution >= 4 is 116 Å². The van der Waals surface area contributed by atoms with E-state index in [0.29, 0.717) is 95.9 Å². The largest absolute Gasteiger partial charge is 1.00 e. The van der Waals surface area contributed by atoms with Crippen LogP contribution in [0, 0.1) is 5.51 Å². The molecule has 5 heterocycles. The van der Waals surface area contributed by atoms with Gasteiger partial charge in [-0.05, 0) is 96.9 Å². The van der Waals surface area contributed by atoms with Crippen molar-refractivity contribution in [2.45, 2.75) is 122 Å². The van der Waals surface area contributed by atoms with Crippen molar-refractivity contribution in [2.24, 2.45) is 65.1 Å². The fourth-order valence-corrected chi connectivity index (χ4v) is 10.3. The van der Waals surface area contributed by atoms with Crippen molar-refractivity contribution in [3.05, 3.63) is 83.4 Å². The minimum Gasteiger partial charge on any atom is -0.394 e. The predicted molar refractivity (Wildman–Crippen MR) is 398 cm³/mol. The first kappa shape index (κ1) is 97.3. The summed E-state index contributed by atoms with van der Waals surface area (Å²) in [6.45, 7) is 12.7. The van der Waals surface area contributed by atoms with Gasteiger partial charge in [0, 0.05) is 114 Å². The maximum Gasteiger partial charge on any atom is 1.00 e. The number of carbonyl (C=O) groups is 5. The fourth-order valence-electron chi connectivity index (χ4n) is 7.45. The number of rotatable bonds is 36. The second-order valence-corrected chi connectivity index (χ2v) is 23.4. The SMILES string of the molecule is CC.CCN[C@@H](CCCN=C(N)N)C(=O)c1nccs1.CCN[C@@H](CCCNC(N)=NC)C(=O)c1nccs1.CN=C(N)NCCC[C@H](N)C(=O)c1nccs1.CN=C(N)NCCC[C@H](NC)C(=O)N(C)OC.CN=C(N)NCCC[C@H](NC)C(=O)c1nccs1.F.[Li+].[c-]1nccs1. The third-order valence-electron chi connectivity index (χ3n) is 12.5. The number of hydrogen-bond donors (Lipinski definition) is 15. The van der Waals surface area contributed by atoms with E-state index in [4.69, 9.17) is 45.0 Å². The zero-order valence-corrected chi connectivity index (χ0v) is 63.1. The van der Waals surface area contributed by atoms with Gasteiger partial charge in [0.15, 0.2) is 49.8 Å². The maximum atomic E-state index is 12.2. The van der Waals surface area contributed by atoms with E-state index in [2.05, 4.69) is 97.9 Å². The van der Waals surface area contributed by atoms with Crippen LogP contribution in [0.25, 0.3) is 0 Å². The number of guanidine groups is 5. The standard InChI is InChI=1S/C12H21N5OS.2C11H19N5OS.C10H23N5O2.C10H17N5OS.C3H2NS.C2H6.FH.Li/c1-3-15-9(5-4-6-17-12(13)14-2)10(18)11-16-7-8-19-11;1-13-8(4-3-5-16-11(12)14-2)9(17)10-15-6-7-18-10;1-2-14-8(4-3-5-16-11(12)13)9(17)10-15-6-7-18-10;1-12-8(9(16)15(3)17-4)6-5-7-14-10(11)13-2;1-13-10(12)15-4-2-3-7(11)8(16)9-14-5-6-17-9;1-2-5-3-4-1;1-2;;/h7-9,15H,3-6H2,1-2H3,(H3,13,14,17);6-8,13H,3-5H2,1-2H3,(H3,12,14,16);6-8,14H,2-5H2,1H3,(H4,12,13,16);8,12H,5-7H2,1-4H3,(H3,11,13,14);5-7H,2-4,11H2,1H3,(H3,12,13,15);1-2H;1-2H3;1H;/q;;;;;-1;;;+1/t9-;3*8-;7-;;;;/m00000..../s1. The van der Waals surface area contributed by atoms with Crippen molar-refractivity contribution in [3.63, 3.8) is 0 Å². The summed E-state index contributed by atoms with van der Waals surface area (Å²) in [5, 5.41) is 36.5. The van der Waals surface area contributed by atoms with Crippen LogP contribution in [0.5, 0.6) is 0 Å². The van der Waals surface area contributed by atoms with Gasteiger partial charge in [-0.25, -0.2) is 25.0 Å². The van der Waals surface area contributed by atoms with Crippen molar-refractivity contribution in [2.75, 3.05) is 102 Å². The fraction of sp³-hybridized carbons (Fsp3) is 0.576. The quantitative estimate of drug-likeness (QED) is 0.00444. The third kappa shape index (κ3) is 47.0. The molecule has 548 valence electrons. The monoisotopic (exact) mass is 1460 g/mol. The van der Waals surface area contributed by atoms with Crippen LogP contribution in [0.1, 0.15) is 131 Å². The summed E-state index contributed by atoms with van der Waals surface area (Å²) in [5.74, 6) is 1.69. The van der Waals surface area contributed by atoms with Crippen LogP contribution in [0.15, 0.2) is 82.8 Å². The molecule has 0 spiro atoms. The van der Waals surface area contributed by atoms with Gasteiger partial charge in [0.25, 0.3) is 5.91 Å². The smallest absolute Gasteiger partial charge is 0.394 e. The van der Waals surface area contributed by atoms with E-state index >= 15 is 0 Å². The summed E-state index contributed by atoms with van der Waals surface area (Å²) in [4.78, 5) is 103. The maximum absolute atomic E-state index is 12.2. The van der Waals surface area contributed by atoms with Gasteiger partial charge in [-0.1, -0.05) is 27.7 Å². The number of thiazole rings is 5. The summed E-state index contributed by atoms with van der Waals surface area (Å²) >= 11 is 6.89. The van der Waals surface area contributed by atoms with Gasteiger partial charge in [-0.3, -0.25) is 69.8 Å². The molecule has 0 unspecified atom stereocenters. The Morgan fingerprint density at radius 3 is 1.15 bits per heavy atom. The first-order valence-electron chi connectivity index (χ1n) is 31.0. The zero-order chi connectivity index (χ0) is 72.3. The number of aromatic nitrogens is 5. The van der Waals surface area contributed by atoms with Gasteiger partial charge in [-0.2, -0.15) is 0 Å². The average Bonchev–Trinajstić information content (AvgIpc) is 1.75. The molecule has 0 bridgehead atoms. The van der Waals surface area contributed by atoms with Gasteiger partial charge in [0.2, 0.25) is 23.1 Å². The number of hydrogen-bond acceptors (Lipinski definition) is 26.